The number of ether oxygens (including phenoxy) is 2. The average Bonchev–Trinajstić information content (AvgIpc) is 3.48. The summed E-state index contributed by atoms with van der Waals surface area (Å²) in [7, 11) is 0. The molecule has 0 fully saturated rings. The number of hydrogen-bond donors (Lipinski definition) is 0. The molecule has 0 saturated carbocycles. The molecule has 0 amide bonds. The van der Waals surface area contributed by atoms with Gasteiger partial charge in [0.15, 0.2) is 0 Å². The van der Waals surface area contributed by atoms with Gasteiger partial charge >= 0.3 is 0 Å². The number of hydrogen-bond acceptors (Lipinski definition) is 4. The molecule has 0 aliphatic carbocycles. The van der Waals surface area contributed by atoms with E-state index in [-0.39, 0.29) is 0 Å². The Kier molecular flexibility index (Phi) is 13.0. The van der Waals surface area contributed by atoms with Crippen LogP contribution in [0.15, 0.2) is 79.0 Å². The molecular weight excluding hydrogens is 554 g/mol. The van der Waals surface area contributed by atoms with Crippen molar-refractivity contribution in [3.8, 4) is 28.4 Å². The van der Waals surface area contributed by atoms with Crippen molar-refractivity contribution in [3.63, 3.8) is 0 Å². The van der Waals surface area contributed by atoms with E-state index in [2.05, 4.69) is 79.8 Å². The van der Waals surface area contributed by atoms with Gasteiger partial charge in [0.25, 0.3) is 0 Å². The van der Waals surface area contributed by atoms with Gasteiger partial charge in [-0.05, 0) is 98.6 Å². The highest BCUT2D eigenvalue weighted by molar-refractivity contribution is 6.30. The van der Waals surface area contributed by atoms with Gasteiger partial charge in [0.05, 0.1) is 18.9 Å². The largest absolute Gasteiger partial charge is 0.494 e. The van der Waals surface area contributed by atoms with Crippen LogP contribution in [-0.4, -0.2) is 47.3 Å². The van der Waals surface area contributed by atoms with E-state index >= 15 is 0 Å². The first-order chi connectivity index (χ1) is 21.0. The van der Waals surface area contributed by atoms with Gasteiger partial charge in [-0.1, -0.05) is 64.3 Å². The van der Waals surface area contributed by atoms with Gasteiger partial charge in [0.1, 0.15) is 17.3 Å². The Bertz CT molecular complexity index is 1340. The molecule has 0 unspecified atom stereocenters. The van der Waals surface area contributed by atoms with E-state index in [1.165, 1.54) is 5.56 Å². The smallest absolute Gasteiger partial charge is 0.119 e. The molecule has 0 aliphatic heterocycles. The lowest BCUT2D eigenvalue weighted by Crippen LogP contribution is -2.25. The highest BCUT2D eigenvalue weighted by atomic mass is 35.5. The average molecular weight is 602 g/mol. The first-order valence-electron chi connectivity index (χ1n) is 16.1. The lowest BCUT2D eigenvalue weighted by Gasteiger charge is -2.18. The maximum Gasteiger partial charge on any atom is 0.119 e. The summed E-state index contributed by atoms with van der Waals surface area (Å²) in [6, 6.07) is 24.7. The second-order valence-corrected chi connectivity index (χ2v) is 11.5. The maximum atomic E-state index is 6.07. The fraction of sp³-hybridized carbons (Fsp3) is 0.432. The fourth-order valence-electron chi connectivity index (χ4n) is 5.51. The third kappa shape index (κ3) is 9.61. The van der Waals surface area contributed by atoms with Crippen molar-refractivity contribution in [2.45, 2.75) is 72.1 Å². The zero-order chi connectivity index (χ0) is 30.4. The van der Waals surface area contributed by atoms with E-state index in [0.29, 0.717) is 12.5 Å². The Balaban J connectivity index is 1.47. The number of rotatable bonds is 18. The maximum absolute atomic E-state index is 6.07. The number of halogens is 1. The van der Waals surface area contributed by atoms with Crippen LogP contribution in [0.3, 0.4) is 0 Å². The van der Waals surface area contributed by atoms with Crippen LogP contribution in [0.1, 0.15) is 77.1 Å². The highest BCUT2D eigenvalue weighted by Gasteiger charge is 2.20. The quantitative estimate of drug-likeness (QED) is 0.106. The lowest BCUT2D eigenvalue weighted by molar-refractivity contribution is 0.249. The van der Waals surface area contributed by atoms with Crippen LogP contribution in [-0.2, 0) is 6.42 Å². The van der Waals surface area contributed by atoms with Gasteiger partial charge in [-0.2, -0.15) is 0 Å². The third-order valence-electron chi connectivity index (χ3n) is 7.99. The summed E-state index contributed by atoms with van der Waals surface area (Å²) in [6.07, 6.45) is 8.56. The minimum absolute atomic E-state index is 0.412. The Hall–Kier alpha value is -3.28. The normalized spacial score (nSPS) is 11.4. The minimum Gasteiger partial charge on any atom is -0.494 e. The van der Waals surface area contributed by atoms with E-state index in [9.17, 15) is 0 Å². The topological polar surface area (TPSA) is 39.5 Å². The summed E-state index contributed by atoms with van der Waals surface area (Å²) in [5.74, 6) is 3.32. The molecule has 6 heteroatoms. The summed E-state index contributed by atoms with van der Waals surface area (Å²) < 4.78 is 14.4. The van der Waals surface area contributed by atoms with Crippen molar-refractivity contribution in [2.24, 2.45) is 0 Å². The van der Waals surface area contributed by atoms with Gasteiger partial charge in [-0.15, -0.1) is 0 Å². The molecule has 230 valence electrons. The van der Waals surface area contributed by atoms with E-state index in [1.54, 1.807) is 0 Å². The zero-order valence-electron chi connectivity index (χ0n) is 26.4. The summed E-state index contributed by atoms with van der Waals surface area (Å²) in [4.78, 5) is 7.65. The van der Waals surface area contributed by atoms with Gasteiger partial charge in [-0.25, -0.2) is 4.98 Å². The van der Waals surface area contributed by atoms with Crippen molar-refractivity contribution in [1.29, 1.82) is 0 Å². The van der Waals surface area contributed by atoms with Crippen molar-refractivity contribution in [1.82, 2.24) is 14.5 Å². The van der Waals surface area contributed by atoms with Crippen molar-refractivity contribution in [2.75, 3.05) is 32.8 Å². The second-order valence-electron chi connectivity index (χ2n) is 11.1. The Morgan fingerprint density at radius 3 is 1.98 bits per heavy atom. The third-order valence-corrected chi connectivity index (χ3v) is 8.24. The molecule has 0 saturated heterocycles. The molecule has 0 N–H and O–H groups in total. The standard InChI is InChI=1S/C37H48ClN3O2/c1-5-10-31(11-6-2)37-39-36(30-14-20-34(21-15-30)43-27-24-29-12-16-32(38)17-13-29)28-41(37)33-18-22-35(23-19-33)42-26-9-25-40(7-3)8-4/h12-23,28,31H,5-11,24-27H2,1-4H3. The minimum atomic E-state index is 0.412. The molecule has 0 radical (unpaired) electrons. The number of aromatic nitrogens is 2. The molecule has 0 atom stereocenters. The van der Waals surface area contributed by atoms with Gasteiger partial charge < -0.3 is 18.9 Å². The Morgan fingerprint density at radius 1 is 0.767 bits per heavy atom. The van der Waals surface area contributed by atoms with Crippen LogP contribution < -0.4 is 9.47 Å². The van der Waals surface area contributed by atoms with Crippen LogP contribution in [0.25, 0.3) is 16.9 Å². The molecular formula is C37H48ClN3O2. The summed E-state index contributed by atoms with van der Waals surface area (Å²) >= 11 is 6.00. The van der Waals surface area contributed by atoms with Crippen LogP contribution in [0.5, 0.6) is 11.5 Å². The van der Waals surface area contributed by atoms with Crippen LogP contribution in [0.2, 0.25) is 5.02 Å². The predicted molar refractivity (Wildman–Crippen MR) is 180 cm³/mol. The number of imidazole rings is 1. The molecule has 1 heterocycles. The van der Waals surface area contributed by atoms with Crippen molar-refractivity contribution in [3.05, 3.63) is 95.4 Å². The van der Waals surface area contributed by atoms with E-state index in [4.69, 9.17) is 26.1 Å². The van der Waals surface area contributed by atoms with Gasteiger partial charge in [-0.3, -0.25) is 0 Å². The van der Waals surface area contributed by atoms with E-state index in [1.807, 2.05) is 36.4 Å². The first-order valence-corrected chi connectivity index (χ1v) is 16.4. The van der Waals surface area contributed by atoms with Gasteiger partial charge in [0.2, 0.25) is 0 Å². The molecule has 0 bridgehead atoms. The molecule has 5 nitrogen and oxygen atoms in total. The molecule has 0 spiro atoms. The van der Waals surface area contributed by atoms with Crippen LogP contribution in [0.4, 0.5) is 0 Å². The second kappa shape index (κ2) is 17.1. The van der Waals surface area contributed by atoms with Gasteiger partial charge in [0, 0.05) is 41.4 Å². The predicted octanol–water partition coefficient (Wildman–Crippen LogP) is 9.61. The zero-order valence-corrected chi connectivity index (χ0v) is 27.2. The molecule has 43 heavy (non-hydrogen) atoms. The summed E-state index contributed by atoms with van der Waals surface area (Å²) in [5.41, 5.74) is 4.40. The molecule has 3 aromatic carbocycles. The lowest BCUT2D eigenvalue weighted by atomic mass is 9.97. The Labute approximate surface area is 263 Å². The van der Waals surface area contributed by atoms with Crippen molar-refractivity contribution < 1.29 is 9.47 Å². The molecule has 4 rings (SSSR count). The fourth-order valence-corrected chi connectivity index (χ4v) is 5.63. The Morgan fingerprint density at radius 2 is 1.37 bits per heavy atom. The number of benzene rings is 3. The van der Waals surface area contributed by atoms with Crippen LogP contribution >= 0.6 is 11.6 Å². The monoisotopic (exact) mass is 601 g/mol. The molecule has 0 aliphatic rings. The molecule has 4 aromatic rings. The van der Waals surface area contributed by atoms with E-state index < -0.39 is 0 Å². The molecule has 1 aromatic heterocycles. The number of nitrogens with zero attached hydrogens (tertiary/aromatic N) is 3. The van der Waals surface area contributed by atoms with Crippen molar-refractivity contribution >= 4 is 11.6 Å². The SMILES string of the molecule is CCCC(CCC)c1nc(-c2ccc(OCCc3ccc(Cl)cc3)cc2)cn1-c1ccc(OCCCN(CC)CC)cc1. The first kappa shape index (κ1) is 32.6. The van der Waals surface area contributed by atoms with Crippen LogP contribution in [0, 0.1) is 0 Å². The summed E-state index contributed by atoms with van der Waals surface area (Å²) in [6.45, 7) is 13.5. The summed E-state index contributed by atoms with van der Waals surface area (Å²) in [5, 5.41) is 0.754. The van der Waals surface area contributed by atoms with E-state index in [0.717, 1.165) is 104 Å². The highest BCUT2D eigenvalue weighted by Crippen LogP contribution is 2.32.